The van der Waals surface area contributed by atoms with Crippen LogP contribution in [0, 0.1) is 0 Å². The molecule has 2 amide bonds. The van der Waals surface area contributed by atoms with E-state index >= 15 is 0 Å². The molecule has 4 rings (SSSR count). The van der Waals surface area contributed by atoms with E-state index in [9.17, 15) is 4.79 Å². The lowest BCUT2D eigenvalue weighted by molar-refractivity contribution is 0.186. The lowest BCUT2D eigenvalue weighted by atomic mass is 10.0. The topological polar surface area (TPSA) is 47.6 Å². The van der Waals surface area contributed by atoms with E-state index in [-0.39, 0.29) is 12.1 Å². The number of urea groups is 1. The molecule has 1 fully saturated rings. The first-order valence-corrected chi connectivity index (χ1v) is 13.3. The zero-order valence-electron chi connectivity index (χ0n) is 20.7. The van der Waals surface area contributed by atoms with Crippen LogP contribution in [0.1, 0.15) is 24.8 Å². The van der Waals surface area contributed by atoms with Gasteiger partial charge in [-0.05, 0) is 68.7 Å². The standard InChI is InChI=1S/C29H34Cl2N4O/c1-34(21-23-12-13-24(30)20-27(23)31)16-7-17-35-18-14-25(15-19-35)32-29(36)33-28-11-6-5-10-26(28)22-8-3-2-4-9-22/h2-6,8-13,20,25H,7,14-19,21H2,1H3,(H2,32,33,36). The number of carbonyl (C=O) groups is 1. The van der Waals surface area contributed by atoms with Crippen LogP contribution in [0.2, 0.25) is 10.0 Å². The van der Waals surface area contributed by atoms with Crippen LogP contribution in [-0.2, 0) is 6.54 Å². The third-order valence-electron chi connectivity index (χ3n) is 6.65. The van der Waals surface area contributed by atoms with Crippen molar-refractivity contribution >= 4 is 34.9 Å². The summed E-state index contributed by atoms with van der Waals surface area (Å²) >= 11 is 12.3. The molecule has 0 bridgehead atoms. The van der Waals surface area contributed by atoms with Crippen molar-refractivity contribution in [1.82, 2.24) is 15.1 Å². The third kappa shape index (κ3) is 7.71. The molecule has 0 aliphatic carbocycles. The maximum Gasteiger partial charge on any atom is 0.319 e. The number of likely N-dealkylation sites (tertiary alicyclic amines) is 1. The summed E-state index contributed by atoms with van der Waals surface area (Å²) < 4.78 is 0. The summed E-state index contributed by atoms with van der Waals surface area (Å²) in [4.78, 5) is 17.5. The number of rotatable bonds is 9. The Kier molecular flexibility index (Phi) is 9.65. The molecule has 0 atom stereocenters. The molecule has 1 saturated heterocycles. The molecule has 0 spiro atoms. The van der Waals surface area contributed by atoms with Gasteiger partial charge in [0.1, 0.15) is 0 Å². The van der Waals surface area contributed by atoms with Crippen LogP contribution < -0.4 is 10.6 Å². The highest BCUT2D eigenvalue weighted by atomic mass is 35.5. The van der Waals surface area contributed by atoms with Crippen molar-refractivity contribution in [2.45, 2.75) is 31.8 Å². The Bertz CT molecular complexity index is 1130. The zero-order valence-corrected chi connectivity index (χ0v) is 22.2. The predicted molar refractivity (Wildman–Crippen MR) is 151 cm³/mol. The molecule has 0 unspecified atom stereocenters. The Labute approximate surface area is 224 Å². The maximum absolute atomic E-state index is 12.7. The summed E-state index contributed by atoms with van der Waals surface area (Å²) in [5, 5.41) is 7.61. The van der Waals surface area contributed by atoms with Crippen LogP contribution in [0.3, 0.4) is 0 Å². The number of para-hydroxylation sites is 1. The van der Waals surface area contributed by atoms with Gasteiger partial charge in [-0.25, -0.2) is 4.79 Å². The molecule has 0 aromatic heterocycles. The number of carbonyl (C=O) groups excluding carboxylic acids is 1. The zero-order chi connectivity index (χ0) is 25.3. The second-order valence-electron chi connectivity index (χ2n) is 9.45. The normalized spacial score (nSPS) is 14.7. The van der Waals surface area contributed by atoms with Crippen LogP contribution in [-0.4, -0.2) is 55.1 Å². The van der Waals surface area contributed by atoms with Gasteiger partial charge in [-0.1, -0.05) is 77.8 Å². The molecule has 3 aromatic carbocycles. The molecule has 36 heavy (non-hydrogen) atoms. The van der Waals surface area contributed by atoms with Crippen molar-refractivity contribution < 1.29 is 4.79 Å². The average molecular weight is 526 g/mol. The number of hydrogen-bond donors (Lipinski definition) is 2. The lowest BCUT2D eigenvalue weighted by Gasteiger charge is -2.32. The summed E-state index contributed by atoms with van der Waals surface area (Å²) in [7, 11) is 2.12. The van der Waals surface area contributed by atoms with Crippen LogP contribution in [0.15, 0.2) is 72.8 Å². The van der Waals surface area contributed by atoms with Gasteiger partial charge in [0.05, 0.1) is 5.69 Å². The Morgan fingerprint density at radius 2 is 1.72 bits per heavy atom. The highest BCUT2D eigenvalue weighted by molar-refractivity contribution is 6.35. The van der Waals surface area contributed by atoms with Crippen molar-refractivity contribution in [3.63, 3.8) is 0 Å². The van der Waals surface area contributed by atoms with Crippen LogP contribution in [0.4, 0.5) is 10.5 Å². The number of hydrogen-bond acceptors (Lipinski definition) is 3. The summed E-state index contributed by atoms with van der Waals surface area (Å²) in [5.74, 6) is 0. The molecule has 1 heterocycles. The van der Waals surface area contributed by atoms with E-state index in [0.29, 0.717) is 5.02 Å². The fraction of sp³-hybridized carbons (Fsp3) is 0.345. The number of halogens is 2. The molecule has 0 radical (unpaired) electrons. The van der Waals surface area contributed by atoms with E-state index in [4.69, 9.17) is 23.2 Å². The molecule has 5 nitrogen and oxygen atoms in total. The van der Waals surface area contributed by atoms with Gasteiger partial charge >= 0.3 is 6.03 Å². The Hall–Kier alpha value is -2.57. The minimum atomic E-state index is -0.140. The van der Waals surface area contributed by atoms with Gasteiger partial charge in [0.2, 0.25) is 0 Å². The number of anilines is 1. The number of nitrogens with zero attached hydrogens (tertiary/aromatic N) is 2. The molecule has 3 aromatic rings. The van der Waals surface area contributed by atoms with Gasteiger partial charge in [0, 0.05) is 41.3 Å². The SMILES string of the molecule is CN(CCCN1CCC(NC(=O)Nc2ccccc2-c2ccccc2)CC1)Cc1ccc(Cl)cc1Cl. The smallest absolute Gasteiger partial charge is 0.319 e. The summed E-state index contributed by atoms with van der Waals surface area (Å²) in [6.07, 6.45) is 3.02. The number of amides is 2. The van der Waals surface area contributed by atoms with Crippen molar-refractivity contribution in [2.24, 2.45) is 0 Å². The Morgan fingerprint density at radius 1 is 1.00 bits per heavy atom. The molecular weight excluding hydrogens is 491 g/mol. The van der Waals surface area contributed by atoms with Crippen molar-refractivity contribution in [3.8, 4) is 11.1 Å². The molecule has 190 valence electrons. The monoisotopic (exact) mass is 524 g/mol. The average Bonchev–Trinajstić information content (AvgIpc) is 2.88. The van der Waals surface area contributed by atoms with E-state index in [1.807, 2.05) is 54.6 Å². The van der Waals surface area contributed by atoms with Gasteiger partial charge < -0.3 is 20.4 Å². The summed E-state index contributed by atoms with van der Waals surface area (Å²) in [6, 6.07) is 23.8. The van der Waals surface area contributed by atoms with Gasteiger partial charge in [-0.15, -0.1) is 0 Å². The van der Waals surface area contributed by atoms with E-state index in [1.54, 1.807) is 6.07 Å². The second kappa shape index (κ2) is 13.1. The minimum absolute atomic E-state index is 0.140. The minimum Gasteiger partial charge on any atom is -0.335 e. The van der Waals surface area contributed by atoms with Crippen LogP contribution >= 0.6 is 23.2 Å². The van der Waals surface area contributed by atoms with Gasteiger partial charge in [-0.2, -0.15) is 0 Å². The van der Waals surface area contributed by atoms with E-state index in [0.717, 1.165) is 79.4 Å². The fourth-order valence-electron chi connectivity index (χ4n) is 4.69. The van der Waals surface area contributed by atoms with Crippen molar-refractivity contribution in [1.29, 1.82) is 0 Å². The second-order valence-corrected chi connectivity index (χ2v) is 10.3. The van der Waals surface area contributed by atoms with E-state index in [2.05, 4.69) is 39.6 Å². The van der Waals surface area contributed by atoms with E-state index < -0.39 is 0 Å². The fourth-order valence-corrected chi connectivity index (χ4v) is 5.16. The van der Waals surface area contributed by atoms with Crippen LogP contribution in [0.5, 0.6) is 0 Å². The van der Waals surface area contributed by atoms with Gasteiger partial charge in [0.25, 0.3) is 0 Å². The van der Waals surface area contributed by atoms with Crippen LogP contribution in [0.25, 0.3) is 11.1 Å². The lowest BCUT2D eigenvalue weighted by Crippen LogP contribution is -2.46. The van der Waals surface area contributed by atoms with Crippen molar-refractivity contribution in [3.05, 3.63) is 88.4 Å². The molecule has 7 heteroatoms. The maximum atomic E-state index is 12.7. The van der Waals surface area contributed by atoms with Gasteiger partial charge in [0.15, 0.2) is 0 Å². The quantitative estimate of drug-likeness (QED) is 0.324. The first-order valence-electron chi connectivity index (χ1n) is 12.5. The molecule has 1 aliphatic heterocycles. The molecule has 1 aliphatic rings. The molecule has 2 N–H and O–H groups in total. The highest BCUT2D eigenvalue weighted by Gasteiger charge is 2.21. The number of nitrogens with one attached hydrogen (secondary N) is 2. The molecule has 0 saturated carbocycles. The summed E-state index contributed by atoms with van der Waals surface area (Å²) in [6.45, 7) is 4.86. The number of piperidine rings is 1. The Morgan fingerprint density at radius 3 is 2.47 bits per heavy atom. The van der Waals surface area contributed by atoms with Gasteiger partial charge in [-0.3, -0.25) is 0 Å². The Balaban J connectivity index is 1.17. The highest BCUT2D eigenvalue weighted by Crippen LogP contribution is 2.27. The summed E-state index contributed by atoms with van der Waals surface area (Å²) in [5.41, 5.74) is 4.03. The third-order valence-corrected chi connectivity index (χ3v) is 7.24. The number of benzene rings is 3. The molecular formula is C29H34Cl2N4O. The first-order chi connectivity index (χ1) is 17.5. The van der Waals surface area contributed by atoms with E-state index in [1.165, 1.54) is 0 Å². The predicted octanol–water partition coefficient (Wildman–Crippen LogP) is 6.77. The largest absolute Gasteiger partial charge is 0.335 e. The van der Waals surface area contributed by atoms with Crippen molar-refractivity contribution in [2.75, 3.05) is 38.5 Å². The first kappa shape index (κ1) is 26.5.